The smallest absolute Gasteiger partial charge is 0.265 e. The number of fused-ring (bicyclic) bond motifs is 1. The van der Waals surface area contributed by atoms with Crippen molar-refractivity contribution in [1.29, 1.82) is 0 Å². The zero-order valence-electron chi connectivity index (χ0n) is 10.3. The molecule has 0 aliphatic heterocycles. The van der Waals surface area contributed by atoms with E-state index in [2.05, 4.69) is 4.98 Å². The molecule has 0 aliphatic carbocycles. The molecule has 0 spiro atoms. The minimum absolute atomic E-state index is 0.293. The van der Waals surface area contributed by atoms with Crippen molar-refractivity contribution in [3.63, 3.8) is 0 Å². The van der Waals surface area contributed by atoms with Crippen molar-refractivity contribution in [3.8, 4) is 11.1 Å². The predicted octanol–water partition coefficient (Wildman–Crippen LogP) is 3.73. The molecule has 0 unspecified atom stereocenters. The standard InChI is InChI=1S/C15H10ClFN2O/c16-9-4-5-10(12(17)7-9)11-3-1-2-8-6-13(15(18)20)19-14(8)11/h1-7,19H,(H2,18,20). The zero-order valence-corrected chi connectivity index (χ0v) is 11.0. The lowest BCUT2D eigenvalue weighted by Gasteiger charge is -2.05. The topological polar surface area (TPSA) is 58.9 Å². The third kappa shape index (κ3) is 2.04. The number of amides is 1. The number of para-hydroxylation sites is 1. The molecule has 2 aromatic carbocycles. The number of aromatic amines is 1. The van der Waals surface area contributed by atoms with Gasteiger partial charge in [0.2, 0.25) is 0 Å². The maximum absolute atomic E-state index is 14.0. The van der Waals surface area contributed by atoms with Crippen LogP contribution in [0.3, 0.4) is 0 Å². The third-order valence-electron chi connectivity index (χ3n) is 3.14. The molecule has 3 rings (SSSR count). The molecule has 0 radical (unpaired) electrons. The molecule has 3 nitrogen and oxygen atoms in total. The number of nitrogens with two attached hydrogens (primary N) is 1. The maximum Gasteiger partial charge on any atom is 0.265 e. The molecular weight excluding hydrogens is 279 g/mol. The van der Waals surface area contributed by atoms with Crippen molar-refractivity contribution >= 4 is 28.4 Å². The van der Waals surface area contributed by atoms with Crippen LogP contribution in [0.25, 0.3) is 22.0 Å². The van der Waals surface area contributed by atoms with Gasteiger partial charge in [0.05, 0.1) is 5.52 Å². The Hall–Kier alpha value is -2.33. The van der Waals surface area contributed by atoms with Gasteiger partial charge >= 0.3 is 0 Å². The molecule has 20 heavy (non-hydrogen) atoms. The van der Waals surface area contributed by atoms with Gasteiger partial charge in [-0.05, 0) is 24.3 Å². The minimum atomic E-state index is -0.552. The van der Waals surface area contributed by atoms with E-state index in [9.17, 15) is 9.18 Å². The summed E-state index contributed by atoms with van der Waals surface area (Å²) in [5.74, 6) is -0.969. The van der Waals surface area contributed by atoms with Gasteiger partial charge in [0.1, 0.15) is 11.5 Å². The number of carbonyl (C=O) groups excluding carboxylic acids is 1. The normalized spacial score (nSPS) is 10.9. The number of hydrogen-bond donors (Lipinski definition) is 2. The van der Waals surface area contributed by atoms with Gasteiger partial charge in [0.15, 0.2) is 0 Å². The SMILES string of the molecule is NC(=O)c1cc2cccc(-c3ccc(Cl)cc3F)c2[nH]1. The van der Waals surface area contributed by atoms with Crippen LogP contribution in [0.4, 0.5) is 4.39 Å². The lowest BCUT2D eigenvalue weighted by Crippen LogP contribution is -2.10. The second kappa shape index (κ2) is 4.65. The van der Waals surface area contributed by atoms with E-state index in [1.807, 2.05) is 6.07 Å². The molecule has 0 fully saturated rings. The summed E-state index contributed by atoms with van der Waals surface area (Å²) >= 11 is 5.76. The fourth-order valence-corrected chi connectivity index (χ4v) is 2.38. The Morgan fingerprint density at radius 2 is 1.95 bits per heavy atom. The van der Waals surface area contributed by atoms with Gasteiger partial charge in [0.25, 0.3) is 5.91 Å². The Labute approximate surface area is 119 Å². The molecule has 3 N–H and O–H groups in total. The first-order chi connectivity index (χ1) is 9.56. The maximum atomic E-state index is 14.0. The number of nitrogens with one attached hydrogen (secondary N) is 1. The minimum Gasteiger partial charge on any atom is -0.364 e. The summed E-state index contributed by atoms with van der Waals surface area (Å²) < 4.78 is 14.0. The van der Waals surface area contributed by atoms with E-state index >= 15 is 0 Å². The highest BCUT2D eigenvalue weighted by Crippen LogP contribution is 2.31. The van der Waals surface area contributed by atoms with E-state index in [0.29, 0.717) is 27.4 Å². The number of H-pyrrole nitrogens is 1. The van der Waals surface area contributed by atoms with Crippen molar-refractivity contribution < 1.29 is 9.18 Å². The summed E-state index contributed by atoms with van der Waals surface area (Å²) in [6.07, 6.45) is 0. The number of carbonyl (C=O) groups is 1. The average Bonchev–Trinajstić information content (AvgIpc) is 2.83. The van der Waals surface area contributed by atoms with Crippen LogP contribution in [0.15, 0.2) is 42.5 Å². The van der Waals surface area contributed by atoms with E-state index in [-0.39, 0.29) is 0 Å². The molecule has 3 aromatic rings. The summed E-state index contributed by atoms with van der Waals surface area (Å²) in [4.78, 5) is 14.2. The first-order valence-electron chi connectivity index (χ1n) is 5.93. The molecule has 0 saturated carbocycles. The number of primary amides is 1. The van der Waals surface area contributed by atoms with Gasteiger partial charge in [-0.25, -0.2) is 4.39 Å². The van der Waals surface area contributed by atoms with Crippen LogP contribution in [0.5, 0.6) is 0 Å². The summed E-state index contributed by atoms with van der Waals surface area (Å²) in [5.41, 5.74) is 7.29. The third-order valence-corrected chi connectivity index (χ3v) is 3.38. The first-order valence-corrected chi connectivity index (χ1v) is 6.31. The van der Waals surface area contributed by atoms with Gasteiger partial charge in [0, 0.05) is 21.5 Å². The molecule has 0 saturated heterocycles. The van der Waals surface area contributed by atoms with Crippen molar-refractivity contribution in [2.24, 2.45) is 5.73 Å². The van der Waals surface area contributed by atoms with Gasteiger partial charge < -0.3 is 10.7 Å². The van der Waals surface area contributed by atoms with E-state index in [0.717, 1.165) is 5.39 Å². The van der Waals surface area contributed by atoms with Crippen LogP contribution >= 0.6 is 11.6 Å². The lowest BCUT2D eigenvalue weighted by atomic mass is 10.0. The summed E-state index contributed by atoms with van der Waals surface area (Å²) in [6, 6.07) is 11.5. The second-order valence-corrected chi connectivity index (χ2v) is 4.88. The van der Waals surface area contributed by atoms with Gasteiger partial charge in [-0.15, -0.1) is 0 Å². The molecule has 100 valence electrons. The quantitative estimate of drug-likeness (QED) is 0.742. The van der Waals surface area contributed by atoms with E-state index in [4.69, 9.17) is 17.3 Å². The van der Waals surface area contributed by atoms with Crippen LogP contribution in [0.2, 0.25) is 5.02 Å². The first kappa shape index (κ1) is 12.7. The highest BCUT2D eigenvalue weighted by molar-refractivity contribution is 6.30. The molecule has 1 heterocycles. The van der Waals surface area contributed by atoms with Gasteiger partial charge in [-0.3, -0.25) is 4.79 Å². The van der Waals surface area contributed by atoms with Crippen molar-refractivity contribution in [2.45, 2.75) is 0 Å². The van der Waals surface area contributed by atoms with Gasteiger partial charge in [-0.1, -0.05) is 29.8 Å². The number of rotatable bonds is 2. The Morgan fingerprint density at radius 3 is 2.65 bits per heavy atom. The Kier molecular flexibility index (Phi) is 2.95. The molecule has 0 aliphatic rings. The summed E-state index contributed by atoms with van der Waals surface area (Å²) in [6.45, 7) is 0. The zero-order chi connectivity index (χ0) is 14.3. The molecule has 0 atom stereocenters. The molecule has 1 aromatic heterocycles. The van der Waals surface area contributed by atoms with E-state index in [1.165, 1.54) is 6.07 Å². The summed E-state index contributed by atoms with van der Waals surface area (Å²) in [7, 11) is 0. The largest absolute Gasteiger partial charge is 0.364 e. The fraction of sp³-hybridized carbons (Fsp3) is 0. The van der Waals surface area contributed by atoms with Crippen LogP contribution < -0.4 is 5.73 Å². The van der Waals surface area contributed by atoms with Crippen molar-refractivity contribution in [3.05, 3.63) is 59.0 Å². The molecule has 0 bridgehead atoms. The summed E-state index contributed by atoms with van der Waals surface area (Å²) in [5, 5.41) is 1.13. The second-order valence-electron chi connectivity index (χ2n) is 4.44. The van der Waals surface area contributed by atoms with Crippen LogP contribution in [0.1, 0.15) is 10.5 Å². The van der Waals surface area contributed by atoms with Crippen LogP contribution in [-0.4, -0.2) is 10.9 Å². The fourth-order valence-electron chi connectivity index (χ4n) is 2.22. The Balaban J connectivity index is 2.28. The number of aromatic nitrogens is 1. The van der Waals surface area contributed by atoms with Gasteiger partial charge in [-0.2, -0.15) is 0 Å². The predicted molar refractivity (Wildman–Crippen MR) is 77.2 cm³/mol. The monoisotopic (exact) mass is 288 g/mol. The van der Waals surface area contributed by atoms with Crippen LogP contribution in [-0.2, 0) is 0 Å². The van der Waals surface area contributed by atoms with E-state index < -0.39 is 11.7 Å². The highest BCUT2D eigenvalue weighted by atomic mass is 35.5. The Bertz CT molecular complexity index is 826. The number of benzene rings is 2. The van der Waals surface area contributed by atoms with Crippen molar-refractivity contribution in [1.82, 2.24) is 4.98 Å². The average molecular weight is 289 g/mol. The molecule has 5 heteroatoms. The molecule has 1 amide bonds. The number of halogens is 2. The lowest BCUT2D eigenvalue weighted by molar-refractivity contribution is 0.0996. The Morgan fingerprint density at radius 1 is 1.15 bits per heavy atom. The molecular formula is C15H10ClFN2O. The number of hydrogen-bond acceptors (Lipinski definition) is 1. The highest BCUT2D eigenvalue weighted by Gasteiger charge is 2.13. The van der Waals surface area contributed by atoms with E-state index in [1.54, 1.807) is 30.3 Å². The van der Waals surface area contributed by atoms with Crippen molar-refractivity contribution in [2.75, 3.05) is 0 Å². The van der Waals surface area contributed by atoms with Crippen LogP contribution in [0, 0.1) is 5.82 Å².